The molecule has 0 saturated carbocycles. The Labute approximate surface area is 137 Å². The van der Waals surface area contributed by atoms with Crippen LogP contribution in [0.3, 0.4) is 0 Å². The summed E-state index contributed by atoms with van der Waals surface area (Å²) in [6.07, 6.45) is 1.85. The Kier molecular flexibility index (Phi) is 5.70. The molecule has 6 heteroatoms. The molecule has 2 fully saturated rings. The lowest BCUT2D eigenvalue weighted by molar-refractivity contribution is 0.00159. The number of hydrogen-bond acceptors (Lipinski definition) is 5. The first-order valence-electron chi connectivity index (χ1n) is 8.54. The van der Waals surface area contributed by atoms with Gasteiger partial charge in [-0.25, -0.2) is 0 Å². The van der Waals surface area contributed by atoms with E-state index in [1.54, 1.807) is 6.07 Å². The zero-order valence-corrected chi connectivity index (χ0v) is 13.8. The van der Waals surface area contributed by atoms with Crippen molar-refractivity contribution in [3.8, 4) is 0 Å². The Bertz CT molecular complexity index is 504. The third-order valence-corrected chi connectivity index (χ3v) is 4.73. The third kappa shape index (κ3) is 4.13. The second-order valence-electron chi connectivity index (χ2n) is 6.17. The van der Waals surface area contributed by atoms with E-state index < -0.39 is 0 Å². The van der Waals surface area contributed by atoms with E-state index in [4.69, 9.17) is 13.9 Å². The molecule has 1 N–H and O–H groups in total. The van der Waals surface area contributed by atoms with E-state index in [9.17, 15) is 4.79 Å². The number of rotatable bonds is 6. The Morgan fingerprint density at radius 3 is 2.78 bits per heavy atom. The minimum Gasteiger partial charge on any atom is -0.456 e. The second kappa shape index (κ2) is 7.95. The van der Waals surface area contributed by atoms with Crippen LogP contribution >= 0.6 is 0 Å². The Hall–Kier alpha value is -1.37. The van der Waals surface area contributed by atoms with Gasteiger partial charge < -0.3 is 19.2 Å². The average Bonchev–Trinajstić information content (AvgIpc) is 3.27. The molecule has 2 atom stereocenters. The summed E-state index contributed by atoms with van der Waals surface area (Å²) in [5.41, 5.74) is 0. The highest BCUT2D eigenvalue weighted by atomic mass is 16.5. The van der Waals surface area contributed by atoms with Crippen LogP contribution in [0.2, 0.25) is 0 Å². The number of furan rings is 1. The van der Waals surface area contributed by atoms with Crippen LogP contribution in [0.1, 0.15) is 29.7 Å². The molecule has 6 nitrogen and oxygen atoms in total. The predicted octanol–water partition coefficient (Wildman–Crippen LogP) is 1.31. The number of amides is 1. The fraction of sp³-hybridized carbons (Fsp3) is 0.706. The molecule has 0 aromatic carbocycles. The first-order valence-corrected chi connectivity index (χ1v) is 8.54. The third-order valence-electron chi connectivity index (χ3n) is 4.73. The Balaban J connectivity index is 1.59. The van der Waals surface area contributed by atoms with Gasteiger partial charge in [0.2, 0.25) is 0 Å². The number of morpholine rings is 1. The molecule has 0 spiro atoms. The smallest absolute Gasteiger partial charge is 0.287 e. The van der Waals surface area contributed by atoms with Crippen molar-refractivity contribution in [1.29, 1.82) is 0 Å². The Morgan fingerprint density at radius 1 is 1.30 bits per heavy atom. The molecule has 128 valence electrons. The largest absolute Gasteiger partial charge is 0.456 e. The lowest BCUT2D eigenvalue weighted by Gasteiger charge is -2.37. The highest BCUT2D eigenvalue weighted by molar-refractivity contribution is 5.91. The minimum atomic E-state index is -0.137. The fourth-order valence-electron chi connectivity index (χ4n) is 3.33. The average molecular weight is 322 g/mol. The van der Waals surface area contributed by atoms with E-state index in [0.717, 1.165) is 58.1 Å². The van der Waals surface area contributed by atoms with Crippen molar-refractivity contribution in [3.63, 3.8) is 0 Å². The van der Waals surface area contributed by atoms with E-state index in [1.165, 1.54) is 0 Å². The predicted molar refractivity (Wildman–Crippen MR) is 85.5 cm³/mol. The molecule has 1 aromatic heterocycles. The SMILES string of the molecule is CCc1ccc(C(=O)NC[C@H]([C@@H]2CCOC2)N2CCOCC2)o1. The van der Waals surface area contributed by atoms with Gasteiger partial charge >= 0.3 is 0 Å². The van der Waals surface area contributed by atoms with Crippen LogP contribution < -0.4 is 5.32 Å². The number of ether oxygens (including phenoxy) is 2. The van der Waals surface area contributed by atoms with Crippen molar-refractivity contribution in [2.24, 2.45) is 5.92 Å². The van der Waals surface area contributed by atoms with Crippen molar-refractivity contribution >= 4 is 5.91 Å². The van der Waals surface area contributed by atoms with Gasteiger partial charge in [0.05, 0.1) is 19.8 Å². The fourth-order valence-corrected chi connectivity index (χ4v) is 3.33. The van der Waals surface area contributed by atoms with Crippen LogP contribution in [-0.2, 0) is 15.9 Å². The zero-order chi connectivity index (χ0) is 16.1. The summed E-state index contributed by atoms with van der Waals surface area (Å²) in [5, 5.41) is 3.04. The molecule has 2 saturated heterocycles. The summed E-state index contributed by atoms with van der Waals surface area (Å²) < 4.78 is 16.5. The molecule has 1 aromatic rings. The van der Waals surface area contributed by atoms with Crippen LogP contribution in [0.4, 0.5) is 0 Å². The van der Waals surface area contributed by atoms with Crippen molar-refractivity contribution in [2.45, 2.75) is 25.8 Å². The molecule has 3 rings (SSSR count). The maximum Gasteiger partial charge on any atom is 0.287 e. The van der Waals surface area contributed by atoms with Crippen molar-refractivity contribution < 1.29 is 18.7 Å². The second-order valence-corrected chi connectivity index (χ2v) is 6.17. The van der Waals surface area contributed by atoms with Gasteiger partial charge in [-0.15, -0.1) is 0 Å². The molecule has 1 amide bonds. The zero-order valence-electron chi connectivity index (χ0n) is 13.8. The van der Waals surface area contributed by atoms with Crippen LogP contribution in [0, 0.1) is 5.92 Å². The van der Waals surface area contributed by atoms with Crippen LogP contribution in [0.5, 0.6) is 0 Å². The van der Waals surface area contributed by atoms with Gasteiger partial charge in [-0.2, -0.15) is 0 Å². The van der Waals surface area contributed by atoms with E-state index in [0.29, 0.717) is 24.3 Å². The van der Waals surface area contributed by atoms with Gasteiger partial charge in [0, 0.05) is 44.6 Å². The van der Waals surface area contributed by atoms with Gasteiger partial charge in [-0.1, -0.05) is 6.92 Å². The first-order chi connectivity index (χ1) is 11.3. The van der Waals surface area contributed by atoms with Gasteiger partial charge in [-0.05, 0) is 18.6 Å². The number of carbonyl (C=O) groups excluding carboxylic acids is 1. The number of hydrogen-bond donors (Lipinski definition) is 1. The molecular formula is C17H26N2O4. The van der Waals surface area contributed by atoms with Gasteiger partial charge in [0.15, 0.2) is 5.76 Å². The monoisotopic (exact) mass is 322 g/mol. The normalized spacial score (nSPS) is 23.8. The summed E-state index contributed by atoms with van der Waals surface area (Å²) in [6.45, 7) is 7.57. The van der Waals surface area contributed by atoms with E-state index in [2.05, 4.69) is 10.2 Å². The summed E-state index contributed by atoms with van der Waals surface area (Å²) in [6, 6.07) is 3.90. The molecule has 3 heterocycles. The summed E-state index contributed by atoms with van der Waals surface area (Å²) in [7, 11) is 0. The van der Waals surface area contributed by atoms with Crippen LogP contribution in [-0.4, -0.2) is 62.9 Å². The Morgan fingerprint density at radius 2 is 2.13 bits per heavy atom. The van der Waals surface area contributed by atoms with Crippen LogP contribution in [0.25, 0.3) is 0 Å². The molecule has 0 unspecified atom stereocenters. The lowest BCUT2D eigenvalue weighted by Crippen LogP contribution is -2.52. The van der Waals surface area contributed by atoms with Crippen molar-refractivity contribution in [2.75, 3.05) is 46.1 Å². The van der Waals surface area contributed by atoms with E-state index in [-0.39, 0.29) is 5.91 Å². The van der Waals surface area contributed by atoms with E-state index in [1.807, 2.05) is 13.0 Å². The van der Waals surface area contributed by atoms with Gasteiger partial charge in [0.25, 0.3) is 5.91 Å². The quantitative estimate of drug-likeness (QED) is 0.855. The lowest BCUT2D eigenvalue weighted by atomic mass is 9.97. The topological polar surface area (TPSA) is 63.9 Å². The molecule has 0 bridgehead atoms. The van der Waals surface area contributed by atoms with Crippen molar-refractivity contribution in [1.82, 2.24) is 10.2 Å². The number of nitrogens with zero attached hydrogens (tertiary/aromatic N) is 1. The summed E-state index contributed by atoms with van der Waals surface area (Å²) in [5.74, 6) is 1.56. The molecule has 0 radical (unpaired) electrons. The maximum atomic E-state index is 12.3. The van der Waals surface area contributed by atoms with Gasteiger partial charge in [-0.3, -0.25) is 9.69 Å². The standard InChI is InChI=1S/C17H26N2O4/c1-2-14-3-4-16(23-14)17(20)18-11-15(13-5-8-22-12-13)19-6-9-21-10-7-19/h3-4,13,15H,2,5-12H2,1H3,(H,18,20)/t13-,15-/m1/s1. The molecule has 0 aliphatic carbocycles. The van der Waals surface area contributed by atoms with Gasteiger partial charge in [0.1, 0.15) is 5.76 Å². The summed E-state index contributed by atoms with van der Waals surface area (Å²) >= 11 is 0. The number of nitrogens with one attached hydrogen (secondary N) is 1. The highest BCUT2D eigenvalue weighted by Crippen LogP contribution is 2.22. The molecule has 23 heavy (non-hydrogen) atoms. The van der Waals surface area contributed by atoms with Crippen molar-refractivity contribution in [3.05, 3.63) is 23.7 Å². The number of aryl methyl sites for hydroxylation is 1. The summed E-state index contributed by atoms with van der Waals surface area (Å²) in [4.78, 5) is 14.7. The first kappa shape index (κ1) is 16.5. The molecule has 2 aliphatic heterocycles. The minimum absolute atomic E-state index is 0.137. The van der Waals surface area contributed by atoms with E-state index >= 15 is 0 Å². The highest BCUT2D eigenvalue weighted by Gasteiger charge is 2.32. The maximum absolute atomic E-state index is 12.3. The van der Waals surface area contributed by atoms with Crippen LogP contribution in [0.15, 0.2) is 16.5 Å². The molecule has 2 aliphatic rings. The molecular weight excluding hydrogens is 296 g/mol. The number of carbonyl (C=O) groups is 1.